The third-order valence-electron chi connectivity index (χ3n) is 4.45. The Morgan fingerprint density at radius 2 is 2.20 bits per heavy atom. The van der Waals surface area contributed by atoms with Gasteiger partial charge in [0.25, 0.3) is 5.91 Å². The third-order valence-corrected chi connectivity index (χ3v) is 4.45. The van der Waals surface area contributed by atoms with Crippen molar-refractivity contribution < 1.29 is 14.6 Å². The van der Waals surface area contributed by atoms with Crippen LogP contribution in [0.1, 0.15) is 21.7 Å². The smallest absolute Gasteiger partial charge is 0.251 e. The third kappa shape index (κ3) is 3.21. The van der Waals surface area contributed by atoms with Crippen molar-refractivity contribution in [1.82, 2.24) is 15.3 Å². The number of nitrogens with zero attached hydrogens (tertiary/aromatic N) is 1. The number of hydrogen-bond acceptors (Lipinski definition) is 4. The maximum absolute atomic E-state index is 12.4. The van der Waals surface area contributed by atoms with Gasteiger partial charge in [-0.25, -0.2) is 4.98 Å². The lowest BCUT2D eigenvalue weighted by molar-refractivity contribution is 0.0939. The van der Waals surface area contributed by atoms with Gasteiger partial charge in [0.1, 0.15) is 18.2 Å². The SMILES string of the molecule is O=C(NC[C@H]1COc2ccccc2C1)c1ccc2nc(CO)[nH]c2c1. The zero-order valence-corrected chi connectivity index (χ0v) is 13.7. The Labute approximate surface area is 144 Å². The molecule has 1 atom stereocenters. The fraction of sp³-hybridized carbons (Fsp3) is 0.263. The van der Waals surface area contributed by atoms with Crippen molar-refractivity contribution in [3.05, 3.63) is 59.4 Å². The van der Waals surface area contributed by atoms with E-state index in [1.807, 2.05) is 18.2 Å². The predicted octanol–water partition coefficient (Wildman–Crippen LogP) is 2.04. The van der Waals surface area contributed by atoms with E-state index in [-0.39, 0.29) is 18.4 Å². The lowest BCUT2D eigenvalue weighted by Crippen LogP contribution is -2.34. The van der Waals surface area contributed by atoms with E-state index in [1.54, 1.807) is 18.2 Å². The summed E-state index contributed by atoms with van der Waals surface area (Å²) in [7, 11) is 0. The Balaban J connectivity index is 1.41. The Bertz CT molecular complexity index is 919. The number of aliphatic hydroxyl groups is 1. The number of ether oxygens (including phenoxy) is 1. The van der Waals surface area contributed by atoms with E-state index in [0.29, 0.717) is 24.5 Å². The maximum atomic E-state index is 12.4. The molecule has 1 aliphatic rings. The molecule has 6 heteroatoms. The number of amides is 1. The molecule has 1 aromatic heterocycles. The minimum atomic E-state index is -0.153. The van der Waals surface area contributed by atoms with Crippen molar-refractivity contribution >= 4 is 16.9 Å². The van der Waals surface area contributed by atoms with E-state index in [9.17, 15) is 4.79 Å². The van der Waals surface area contributed by atoms with Crippen molar-refractivity contribution in [3.63, 3.8) is 0 Å². The summed E-state index contributed by atoms with van der Waals surface area (Å²) < 4.78 is 5.76. The van der Waals surface area contributed by atoms with Crippen LogP contribution < -0.4 is 10.1 Å². The van der Waals surface area contributed by atoms with E-state index < -0.39 is 0 Å². The molecule has 2 heterocycles. The fourth-order valence-electron chi connectivity index (χ4n) is 3.14. The number of carbonyl (C=O) groups excluding carboxylic acids is 1. The summed E-state index contributed by atoms with van der Waals surface area (Å²) in [5.41, 5.74) is 3.23. The van der Waals surface area contributed by atoms with Gasteiger partial charge < -0.3 is 20.1 Å². The minimum absolute atomic E-state index is 0.124. The molecule has 0 saturated carbocycles. The largest absolute Gasteiger partial charge is 0.493 e. The number of aliphatic hydroxyl groups excluding tert-OH is 1. The van der Waals surface area contributed by atoms with Gasteiger partial charge in [0.2, 0.25) is 0 Å². The van der Waals surface area contributed by atoms with Crippen molar-refractivity contribution in [2.24, 2.45) is 5.92 Å². The van der Waals surface area contributed by atoms with Crippen LogP contribution in [0.5, 0.6) is 5.75 Å². The highest BCUT2D eigenvalue weighted by Crippen LogP contribution is 2.26. The molecule has 2 aromatic carbocycles. The molecule has 128 valence electrons. The summed E-state index contributed by atoms with van der Waals surface area (Å²) in [6.07, 6.45) is 0.899. The lowest BCUT2D eigenvalue weighted by atomic mass is 9.96. The van der Waals surface area contributed by atoms with Crippen molar-refractivity contribution in [2.45, 2.75) is 13.0 Å². The fourth-order valence-corrected chi connectivity index (χ4v) is 3.14. The second-order valence-electron chi connectivity index (χ2n) is 6.27. The van der Waals surface area contributed by atoms with Crippen LogP contribution in [0.2, 0.25) is 0 Å². The van der Waals surface area contributed by atoms with Crippen LogP contribution in [0.4, 0.5) is 0 Å². The van der Waals surface area contributed by atoms with Crippen LogP contribution in [0.3, 0.4) is 0 Å². The summed E-state index contributed by atoms with van der Waals surface area (Å²) in [4.78, 5) is 19.6. The Morgan fingerprint density at radius 3 is 3.08 bits per heavy atom. The summed E-state index contributed by atoms with van der Waals surface area (Å²) in [5.74, 6) is 1.57. The Hall–Kier alpha value is -2.86. The van der Waals surface area contributed by atoms with Crippen LogP contribution in [0.25, 0.3) is 11.0 Å². The number of H-pyrrole nitrogens is 1. The molecule has 3 aromatic rings. The number of para-hydroxylation sites is 1. The number of carbonyl (C=O) groups is 1. The van der Waals surface area contributed by atoms with E-state index in [4.69, 9.17) is 9.84 Å². The Morgan fingerprint density at radius 1 is 1.32 bits per heavy atom. The number of fused-ring (bicyclic) bond motifs is 2. The molecular weight excluding hydrogens is 318 g/mol. The maximum Gasteiger partial charge on any atom is 0.251 e. The topological polar surface area (TPSA) is 87.2 Å². The van der Waals surface area contributed by atoms with Gasteiger partial charge in [-0.3, -0.25) is 4.79 Å². The Kier molecular flexibility index (Phi) is 4.11. The van der Waals surface area contributed by atoms with Gasteiger partial charge >= 0.3 is 0 Å². The van der Waals surface area contributed by atoms with E-state index in [1.165, 1.54) is 5.56 Å². The summed E-state index contributed by atoms with van der Waals surface area (Å²) >= 11 is 0. The number of aromatic amines is 1. The van der Waals surface area contributed by atoms with Gasteiger partial charge in [-0.05, 0) is 36.2 Å². The molecule has 0 spiro atoms. The molecule has 0 unspecified atom stereocenters. The first-order chi connectivity index (χ1) is 12.2. The average molecular weight is 337 g/mol. The number of imidazole rings is 1. The molecule has 4 rings (SSSR count). The highest BCUT2D eigenvalue weighted by molar-refractivity contribution is 5.97. The highest BCUT2D eigenvalue weighted by Gasteiger charge is 2.20. The minimum Gasteiger partial charge on any atom is -0.493 e. The quantitative estimate of drug-likeness (QED) is 0.680. The number of aromatic nitrogens is 2. The molecule has 0 bridgehead atoms. The first-order valence-corrected chi connectivity index (χ1v) is 8.31. The lowest BCUT2D eigenvalue weighted by Gasteiger charge is -2.25. The first-order valence-electron chi connectivity index (χ1n) is 8.31. The second-order valence-corrected chi connectivity index (χ2v) is 6.27. The monoisotopic (exact) mass is 337 g/mol. The van der Waals surface area contributed by atoms with Crippen LogP contribution in [-0.2, 0) is 13.0 Å². The van der Waals surface area contributed by atoms with Gasteiger partial charge in [0, 0.05) is 18.0 Å². The zero-order chi connectivity index (χ0) is 17.2. The van der Waals surface area contributed by atoms with Gasteiger partial charge in [0.05, 0.1) is 17.6 Å². The molecule has 0 radical (unpaired) electrons. The molecule has 0 saturated heterocycles. The van der Waals surface area contributed by atoms with Crippen molar-refractivity contribution in [2.75, 3.05) is 13.2 Å². The molecule has 0 aliphatic carbocycles. The molecule has 25 heavy (non-hydrogen) atoms. The second kappa shape index (κ2) is 6.57. The standard InChI is InChI=1S/C19H19N3O3/c23-10-18-21-15-6-5-14(8-16(15)22-18)19(24)20-9-12-7-13-3-1-2-4-17(13)25-11-12/h1-6,8,12,23H,7,9-11H2,(H,20,24)(H,21,22)/t12-/m0/s1. The number of benzene rings is 2. The molecule has 3 N–H and O–H groups in total. The van der Waals surface area contributed by atoms with Crippen LogP contribution >= 0.6 is 0 Å². The summed E-state index contributed by atoms with van der Waals surface area (Å²) in [5, 5.41) is 12.1. The molecule has 6 nitrogen and oxygen atoms in total. The molecule has 1 aliphatic heterocycles. The average Bonchev–Trinajstić information content (AvgIpc) is 3.08. The number of nitrogens with one attached hydrogen (secondary N) is 2. The van der Waals surface area contributed by atoms with Crippen molar-refractivity contribution in [1.29, 1.82) is 0 Å². The first kappa shape index (κ1) is 15.7. The van der Waals surface area contributed by atoms with Gasteiger partial charge in [-0.2, -0.15) is 0 Å². The van der Waals surface area contributed by atoms with Crippen molar-refractivity contribution in [3.8, 4) is 5.75 Å². The number of hydrogen-bond donors (Lipinski definition) is 3. The van der Waals surface area contributed by atoms with E-state index >= 15 is 0 Å². The number of rotatable bonds is 4. The summed E-state index contributed by atoms with van der Waals surface area (Å²) in [6, 6.07) is 13.3. The van der Waals surface area contributed by atoms with Gasteiger partial charge in [-0.1, -0.05) is 18.2 Å². The highest BCUT2D eigenvalue weighted by atomic mass is 16.5. The van der Waals surface area contributed by atoms with E-state index in [0.717, 1.165) is 23.2 Å². The van der Waals surface area contributed by atoms with E-state index in [2.05, 4.69) is 21.4 Å². The normalized spacial score (nSPS) is 16.3. The van der Waals surface area contributed by atoms with Gasteiger partial charge in [-0.15, -0.1) is 0 Å². The van der Waals surface area contributed by atoms with Crippen LogP contribution in [0, 0.1) is 5.92 Å². The zero-order valence-electron chi connectivity index (χ0n) is 13.7. The van der Waals surface area contributed by atoms with Gasteiger partial charge in [0.15, 0.2) is 0 Å². The predicted molar refractivity (Wildman–Crippen MR) is 93.5 cm³/mol. The van der Waals surface area contributed by atoms with Crippen LogP contribution in [0.15, 0.2) is 42.5 Å². The molecular formula is C19H19N3O3. The van der Waals surface area contributed by atoms with Crippen LogP contribution in [-0.4, -0.2) is 34.1 Å². The molecule has 0 fully saturated rings. The molecule has 1 amide bonds. The summed E-state index contributed by atoms with van der Waals surface area (Å²) in [6.45, 7) is 1.02.